The lowest BCUT2D eigenvalue weighted by Crippen LogP contribution is -2.43. The van der Waals surface area contributed by atoms with Gasteiger partial charge in [-0.25, -0.2) is 12.8 Å². The molecule has 1 amide bonds. The van der Waals surface area contributed by atoms with Crippen LogP contribution in [0.25, 0.3) is 0 Å². The summed E-state index contributed by atoms with van der Waals surface area (Å²) in [4.78, 5) is 14.4. The van der Waals surface area contributed by atoms with Crippen LogP contribution in [0, 0.1) is 19.7 Å². The van der Waals surface area contributed by atoms with Gasteiger partial charge in [0.1, 0.15) is 11.6 Å². The third-order valence-corrected chi connectivity index (χ3v) is 7.21. The summed E-state index contributed by atoms with van der Waals surface area (Å²) in [6.07, 6.45) is 0.309. The monoisotopic (exact) mass is 439 g/mol. The van der Waals surface area contributed by atoms with E-state index in [1.54, 1.807) is 6.07 Å². The molecule has 3 rings (SSSR count). The van der Waals surface area contributed by atoms with Crippen LogP contribution in [-0.2, 0) is 21.2 Å². The Bertz CT molecular complexity index is 985. The minimum atomic E-state index is -3.23. The van der Waals surface area contributed by atoms with Crippen LogP contribution in [-0.4, -0.2) is 43.4 Å². The maximum absolute atomic E-state index is 14.3. The molecular formula is C21H23ClFNO4S. The minimum Gasteiger partial charge on any atom is -0.483 e. The second-order valence-electron chi connectivity index (χ2n) is 7.29. The van der Waals surface area contributed by atoms with Crippen molar-refractivity contribution in [1.82, 2.24) is 4.90 Å². The number of rotatable bonds is 6. The molecule has 1 atom stereocenters. The van der Waals surface area contributed by atoms with Gasteiger partial charge in [-0.15, -0.1) is 0 Å². The lowest BCUT2D eigenvalue weighted by Gasteiger charge is -2.29. The van der Waals surface area contributed by atoms with Gasteiger partial charge >= 0.3 is 0 Å². The van der Waals surface area contributed by atoms with Crippen molar-refractivity contribution in [3.63, 3.8) is 0 Å². The Morgan fingerprint density at radius 2 is 1.86 bits per heavy atom. The Labute approximate surface area is 175 Å². The summed E-state index contributed by atoms with van der Waals surface area (Å²) in [6, 6.07) is 9.42. The van der Waals surface area contributed by atoms with Crippen LogP contribution in [0.15, 0.2) is 36.4 Å². The maximum Gasteiger partial charge on any atom is 0.261 e. The summed E-state index contributed by atoms with van der Waals surface area (Å²) in [7, 11) is -3.23. The molecule has 5 nitrogen and oxygen atoms in total. The summed E-state index contributed by atoms with van der Waals surface area (Å²) in [6.45, 7) is 3.38. The molecule has 0 N–H and O–H groups in total. The molecule has 1 saturated heterocycles. The molecular weight excluding hydrogens is 417 g/mol. The number of amides is 1. The first-order valence-electron chi connectivity index (χ1n) is 9.30. The molecule has 0 saturated carbocycles. The number of halogens is 2. The second-order valence-corrected chi connectivity index (χ2v) is 9.92. The van der Waals surface area contributed by atoms with Gasteiger partial charge in [-0.2, -0.15) is 0 Å². The first kappa shape index (κ1) is 21.6. The normalized spacial score (nSPS) is 17.9. The molecule has 1 heterocycles. The SMILES string of the molecule is Cc1cccc(C)c1OCC(=O)N(Cc1c(F)cccc1Cl)C1CCS(=O)(=O)C1. The van der Waals surface area contributed by atoms with Gasteiger partial charge in [0.15, 0.2) is 16.4 Å². The lowest BCUT2D eigenvalue weighted by atomic mass is 10.1. The second kappa shape index (κ2) is 8.71. The van der Waals surface area contributed by atoms with E-state index in [1.807, 2.05) is 32.0 Å². The Kier molecular flexibility index (Phi) is 6.49. The summed E-state index contributed by atoms with van der Waals surface area (Å²) >= 11 is 6.13. The number of benzene rings is 2. The van der Waals surface area contributed by atoms with Gasteiger partial charge in [0.05, 0.1) is 18.1 Å². The zero-order chi connectivity index (χ0) is 21.2. The number of aryl methyl sites for hydroxylation is 2. The summed E-state index contributed by atoms with van der Waals surface area (Å²) in [5.41, 5.74) is 1.95. The Balaban J connectivity index is 1.83. The topological polar surface area (TPSA) is 63.7 Å². The molecule has 1 fully saturated rings. The van der Waals surface area contributed by atoms with Crippen LogP contribution < -0.4 is 4.74 Å². The van der Waals surface area contributed by atoms with Gasteiger partial charge in [0.2, 0.25) is 0 Å². The molecule has 8 heteroatoms. The van der Waals surface area contributed by atoms with Crippen LogP contribution in [0.2, 0.25) is 5.02 Å². The van der Waals surface area contributed by atoms with Crippen LogP contribution >= 0.6 is 11.6 Å². The van der Waals surface area contributed by atoms with Crippen LogP contribution in [0.1, 0.15) is 23.1 Å². The zero-order valence-electron chi connectivity index (χ0n) is 16.3. The van der Waals surface area contributed by atoms with Gasteiger partial charge in [0, 0.05) is 16.6 Å². The minimum absolute atomic E-state index is 0.00418. The van der Waals surface area contributed by atoms with E-state index in [9.17, 15) is 17.6 Å². The van der Waals surface area contributed by atoms with Crippen molar-refractivity contribution in [3.8, 4) is 5.75 Å². The van der Waals surface area contributed by atoms with Crippen molar-refractivity contribution < 1.29 is 22.3 Å². The van der Waals surface area contributed by atoms with Gasteiger partial charge in [0.25, 0.3) is 5.91 Å². The van der Waals surface area contributed by atoms with Gasteiger partial charge in [-0.1, -0.05) is 35.9 Å². The molecule has 0 aromatic heterocycles. The van der Waals surface area contributed by atoms with Crippen molar-refractivity contribution in [3.05, 3.63) is 63.9 Å². The number of nitrogens with zero attached hydrogens (tertiary/aromatic N) is 1. The predicted molar refractivity (Wildman–Crippen MR) is 110 cm³/mol. The Morgan fingerprint density at radius 3 is 2.45 bits per heavy atom. The third-order valence-electron chi connectivity index (χ3n) is 5.11. The van der Waals surface area contributed by atoms with E-state index < -0.39 is 27.6 Å². The average molecular weight is 440 g/mol. The molecule has 0 bridgehead atoms. The number of carbonyl (C=O) groups excluding carboxylic acids is 1. The molecule has 1 unspecified atom stereocenters. The first-order valence-corrected chi connectivity index (χ1v) is 11.5. The van der Waals surface area contributed by atoms with Crippen molar-refractivity contribution in [2.24, 2.45) is 0 Å². The fourth-order valence-electron chi connectivity index (χ4n) is 3.54. The molecule has 2 aromatic rings. The number of sulfone groups is 1. The first-order chi connectivity index (χ1) is 13.7. The van der Waals surface area contributed by atoms with Crippen molar-refractivity contribution in [2.75, 3.05) is 18.1 Å². The van der Waals surface area contributed by atoms with Crippen molar-refractivity contribution in [2.45, 2.75) is 32.9 Å². The van der Waals surface area contributed by atoms with Crippen LogP contribution in [0.3, 0.4) is 0 Å². The standard InChI is InChI=1S/C21H23ClFNO4S/c1-14-5-3-6-15(2)21(14)28-12-20(25)24(16-9-10-29(26,27)13-16)11-17-18(22)7-4-8-19(17)23/h3-8,16H,9-13H2,1-2H3. The highest BCUT2D eigenvalue weighted by atomic mass is 35.5. The summed E-state index contributed by atoms with van der Waals surface area (Å²) in [5.74, 6) is -0.469. The van der Waals surface area contributed by atoms with E-state index in [2.05, 4.69) is 0 Å². The third kappa shape index (κ3) is 5.08. The van der Waals surface area contributed by atoms with Gasteiger partial charge < -0.3 is 9.64 Å². The van der Waals surface area contributed by atoms with Crippen LogP contribution in [0.5, 0.6) is 5.75 Å². The number of hydrogen-bond donors (Lipinski definition) is 0. The van der Waals surface area contributed by atoms with Crippen molar-refractivity contribution in [1.29, 1.82) is 0 Å². The van der Waals surface area contributed by atoms with Gasteiger partial charge in [-0.3, -0.25) is 4.79 Å². The van der Waals surface area contributed by atoms with Crippen LogP contribution in [0.4, 0.5) is 4.39 Å². The maximum atomic E-state index is 14.3. The zero-order valence-corrected chi connectivity index (χ0v) is 17.9. The predicted octanol–water partition coefficient (Wildman–Crippen LogP) is 3.69. The van der Waals surface area contributed by atoms with E-state index in [0.717, 1.165) is 11.1 Å². The van der Waals surface area contributed by atoms with Crippen molar-refractivity contribution >= 4 is 27.3 Å². The molecule has 2 aromatic carbocycles. The molecule has 29 heavy (non-hydrogen) atoms. The molecule has 0 radical (unpaired) electrons. The molecule has 0 aliphatic carbocycles. The number of hydrogen-bond acceptors (Lipinski definition) is 4. The van der Waals surface area contributed by atoms with E-state index in [-0.39, 0.29) is 35.2 Å². The average Bonchev–Trinajstić information content (AvgIpc) is 3.00. The molecule has 1 aliphatic rings. The Morgan fingerprint density at radius 1 is 1.21 bits per heavy atom. The van der Waals surface area contributed by atoms with E-state index >= 15 is 0 Å². The highest BCUT2D eigenvalue weighted by Gasteiger charge is 2.35. The Hall–Kier alpha value is -2.12. The number of carbonyl (C=O) groups is 1. The number of ether oxygens (including phenoxy) is 1. The number of para-hydroxylation sites is 1. The molecule has 1 aliphatic heterocycles. The highest BCUT2D eigenvalue weighted by molar-refractivity contribution is 7.91. The highest BCUT2D eigenvalue weighted by Crippen LogP contribution is 2.26. The van der Waals surface area contributed by atoms with E-state index in [0.29, 0.717) is 12.2 Å². The van der Waals surface area contributed by atoms with Gasteiger partial charge in [-0.05, 0) is 43.5 Å². The van der Waals surface area contributed by atoms with E-state index in [1.165, 1.54) is 17.0 Å². The lowest BCUT2D eigenvalue weighted by molar-refractivity contribution is -0.136. The fourth-order valence-corrected chi connectivity index (χ4v) is 5.49. The summed E-state index contributed by atoms with van der Waals surface area (Å²) in [5, 5.41) is 0.194. The summed E-state index contributed by atoms with van der Waals surface area (Å²) < 4.78 is 44.0. The smallest absolute Gasteiger partial charge is 0.261 e. The molecule has 0 spiro atoms. The largest absolute Gasteiger partial charge is 0.483 e. The molecule has 156 valence electrons. The fraction of sp³-hybridized carbons (Fsp3) is 0.381. The van der Waals surface area contributed by atoms with E-state index in [4.69, 9.17) is 16.3 Å². The quantitative estimate of drug-likeness (QED) is 0.688.